The van der Waals surface area contributed by atoms with Crippen molar-refractivity contribution in [3.05, 3.63) is 34.3 Å². The van der Waals surface area contributed by atoms with Gasteiger partial charge in [-0.3, -0.25) is 0 Å². The molecule has 0 bridgehead atoms. The monoisotopic (exact) mass is 340 g/mol. The molecule has 4 heteroatoms. The number of rotatable bonds is 6. The van der Waals surface area contributed by atoms with E-state index >= 15 is 0 Å². The average molecular weight is 341 g/mol. The zero-order valence-corrected chi connectivity index (χ0v) is 14.0. The third-order valence-corrected chi connectivity index (χ3v) is 4.30. The highest BCUT2D eigenvalue weighted by Crippen LogP contribution is 2.15. The highest BCUT2D eigenvalue weighted by atomic mass is 79.9. The van der Waals surface area contributed by atoms with E-state index in [1.54, 1.807) is 0 Å². The van der Waals surface area contributed by atoms with E-state index < -0.39 is 0 Å². The summed E-state index contributed by atoms with van der Waals surface area (Å²) in [6.45, 7) is 6.14. The summed E-state index contributed by atoms with van der Waals surface area (Å²) in [6, 6.07) is 8.99. The maximum absolute atomic E-state index is 5.99. The Labute approximate surface area is 130 Å². The molecule has 1 fully saturated rings. The van der Waals surface area contributed by atoms with Crippen LogP contribution in [-0.2, 0) is 11.2 Å². The molecule has 2 rings (SSSR count). The van der Waals surface area contributed by atoms with E-state index in [9.17, 15) is 0 Å². The van der Waals surface area contributed by atoms with Gasteiger partial charge >= 0.3 is 0 Å². The van der Waals surface area contributed by atoms with Gasteiger partial charge in [0.15, 0.2) is 0 Å². The van der Waals surface area contributed by atoms with E-state index in [1.165, 1.54) is 5.56 Å². The molecule has 2 atom stereocenters. The lowest BCUT2D eigenvalue weighted by atomic mass is 10.00. The van der Waals surface area contributed by atoms with Crippen molar-refractivity contribution in [1.82, 2.24) is 10.2 Å². The lowest BCUT2D eigenvalue weighted by molar-refractivity contribution is -0.0383. The second-order valence-corrected chi connectivity index (χ2v) is 6.48. The molecule has 0 spiro atoms. The van der Waals surface area contributed by atoms with Gasteiger partial charge in [-0.2, -0.15) is 0 Å². The fourth-order valence-corrected chi connectivity index (χ4v) is 2.86. The van der Waals surface area contributed by atoms with E-state index in [4.69, 9.17) is 4.74 Å². The second-order valence-electron chi connectivity index (χ2n) is 5.56. The number of morpholine rings is 1. The van der Waals surface area contributed by atoms with Gasteiger partial charge in [0.25, 0.3) is 0 Å². The fraction of sp³-hybridized carbons (Fsp3) is 0.625. The van der Waals surface area contributed by atoms with Gasteiger partial charge in [0.1, 0.15) is 0 Å². The molecular formula is C16H25BrN2O. The van der Waals surface area contributed by atoms with E-state index in [1.807, 2.05) is 0 Å². The van der Waals surface area contributed by atoms with E-state index in [-0.39, 0.29) is 6.10 Å². The van der Waals surface area contributed by atoms with E-state index in [0.29, 0.717) is 6.04 Å². The molecule has 112 valence electrons. The molecule has 0 aliphatic carbocycles. The minimum absolute atomic E-state index is 0.281. The van der Waals surface area contributed by atoms with Crippen molar-refractivity contribution in [2.24, 2.45) is 0 Å². The Morgan fingerprint density at radius 1 is 1.40 bits per heavy atom. The maximum atomic E-state index is 5.99. The highest BCUT2D eigenvalue weighted by Gasteiger charge is 2.26. The van der Waals surface area contributed by atoms with Gasteiger partial charge in [-0.25, -0.2) is 0 Å². The second kappa shape index (κ2) is 8.13. The number of hydrogen-bond acceptors (Lipinski definition) is 3. The third kappa shape index (κ3) is 4.85. The zero-order valence-electron chi connectivity index (χ0n) is 12.4. The number of hydrogen-bond donors (Lipinski definition) is 1. The quantitative estimate of drug-likeness (QED) is 0.861. The molecule has 1 aliphatic heterocycles. The number of nitrogens with one attached hydrogen (secondary N) is 1. The molecule has 0 aromatic heterocycles. The van der Waals surface area contributed by atoms with Crippen LogP contribution in [0.25, 0.3) is 0 Å². The van der Waals surface area contributed by atoms with Gasteiger partial charge in [0, 0.05) is 23.6 Å². The molecule has 1 saturated heterocycles. The first-order valence-corrected chi connectivity index (χ1v) is 8.26. The van der Waals surface area contributed by atoms with Crippen LogP contribution in [0.15, 0.2) is 28.7 Å². The van der Waals surface area contributed by atoms with Crippen LogP contribution in [-0.4, -0.2) is 50.3 Å². The largest absolute Gasteiger partial charge is 0.374 e. The van der Waals surface area contributed by atoms with Crippen molar-refractivity contribution in [2.45, 2.75) is 31.9 Å². The minimum atomic E-state index is 0.281. The van der Waals surface area contributed by atoms with Crippen LogP contribution in [0.2, 0.25) is 0 Å². The number of likely N-dealkylation sites (N-methyl/N-ethyl adjacent to an activating group) is 1. The Kier molecular flexibility index (Phi) is 6.49. The Bertz CT molecular complexity index is 396. The fourth-order valence-electron chi connectivity index (χ4n) is 2.59. The predicted octanol–water partition coefficient (Wildman–Crippen LogP) is 2.69. The first-order valence-electron chi connectivity index (χ1n) is 7.47. The summed E-state index contributed by atoms with van der Waals surface area (Å²) >= 11 is 3.49. The van der Waals surface area contributed by atoms with Crippen molar-refractivity contribution in [1.29, 1.82) is 0 Å². The Hall–Kier alpha value is -0.420. The van der Waals surface area contributed by atoms with E-state index in [2.05, 4.69) is 64.4 Å². The van der Waals surface area contributed by atoms with Crippen molar-refractivity contribution >= 4 is 15.9 Å². The third-order valence-electron chi connectivity index (χ3n) is 3.77. The minimum Gasteiger partial charge on any atom is -0.374 e. The lowest BCUT2D eigenvalue weighted by Crippen LogP contribution is -2.52. The summed E-state index contributed by atoms with van der Waals surface area (Å²) in [4.78, 5) is 2.36. The summed E-state index contributed by atoms with van der Waals surface area (Å²) in [6.07, 6.45) is 2.45. The summed E-state index contributed by atoms with van der Waals surface area (Å²) < 4.78 is 7.12. The molecule has 2 unspecified atom stereocenters. The molecule has 20 heavy (non-hydrogen) atoms. The van der Waals surface area contributed by atoms with Crippen LogP contribution < -0.4 is 5.32 Å². The topological polar surface area (TPSA) is 24.5 Å². The predicted molar refractivity (Wildman–Crippen MR) is 87.2 cm³/mol. The molecule has 0 amide bonds. The molecule has 1 heterocycles. The smallest absolute Gasteiger partial charge is 0.0858 e. The summed E-state index contributed by atoms with van der Waals surface area (Å²) in [7, 11) is 2.17. The van der Waals surface area contributed by atoms with Crippen LogP contribution >= 0.6 is 15.9 Å². The number of benzene rings is 1. The van der Waals surface area contributed by atoms with Gasteiger partial charge in [-0.05, 0) is 44.1 Å². The van der Waals surface area contributed by atoms with Crippen molar-refractivity contribution in [3.8, 4) is 0 Å². The van der Waals surface area contributed by atoms with E-state index in [0.717, 1.165) is 43.6 Å². The van der Waals surface area contributed by atoms with Gasteiger partial charge in [-0.15, -0.1) is 0 Å². The molecule has 1 aromatic rings. The van der Waals surface area contributed by atoms with Gasteiger partial charge in [0.2, 0.25) is 0 Å². The van der Waals surface area contributed by atoms with Crippen molar-refractivity contribution < 1.29 is 4.74 Å². The summed E-state index contributed by atoms with van der Waals surface area (Å²) in [5.41, 5.74) is 1.36. The van der Waals surface area contributed by atoms with Gasteiger partial charge in [-0.1, -0.05) is 35.0 Å². The Morgan fingerprint density at radius 3 is 2.80 bits per heavy atom. The SMILES string of the molecule is CCCNC(Cc1ccc(Br)cc1)C1CN(C)CCO1. The zero-order chi connectivity index (χ0) is 14.4. The number of nitrogens with zero attached hydrogens (tertiary/aromatic N) is 1. The first-order chi connectivity index (χ1) is 9.69. The maximum Gasteiger partial charge on any atom is 0.0858 e. The van der Waals surface area contributed by atoms with Crippen molar-refractivity contribution in [2.75, 3.05) is 33.3 Å². The summed E-state index contributed by atoms with van der Waals surface area (Å²) in [5.74, 6) is 0. The average Bonchev–Trinajstić information content (AvgIpc) is 2.45. The number of halogens is 1. The van der Waals surface area contributed by atoms with Crippen molar-refractivity contribution in [3.63, 3.8) is 0 Å². The molecule has 1 aromatic carbocycles. The molecular weight excluding hydrogens is 316 g/mol. The Balaban J connectivity index is 2.00. The Morgan fingerprint density at radius 2 is 2.15 bits per heavy atom. The highest BCUT2D eigenvalue weighted by molar-refractivity contribution is 9.10. The number of ether oxygens (including phenoxy) is 1. The van der Waals surface area contributed by atoms with Crippen LogP contribution in [0.4, 0.5) is 0 Å². The molecule has 3 nitrogen and oxygen atoms in total. The molecule has 1 aliphatic rings. The van der Waals surface area contributed by atoms with Crippen LogP contribution in [0, 0.1) is 0 Å². The summed E-state index contributed by atoms with van der Waals surface area (Å²) in [5, 5.41) is 3.66. The molecule has 0 radical (unpaired) electrons. The first kappa shape index (κ1) is 16.0. The normalized spacial score (nSPS) is 21.9. The van der Waals surface area contributed by atoms with Crippen LogP contribution in [0.1, 0.15) is 18.9 Å². The molecule has 1 N–H and O–H groups in total. The van der Waals surface area contributed by atoms with Gasteiger partial charge in [0.05, 0.1) is 12.7 Å². The van der Waals surface area contributed by atoms with Gasteiger partial charge < -0.3 is 15.0 Å². The van der Waals surface area contributed by atoms with Crippen LogP contribution in [0.3, 0.4) is 0 Å². The molecule has 0 saturated carbocycles. The standard InChI is InChI=1S/C16H25BrN2O/c1-3-8-18-15(16-12-19(2)9-10-20-16)11-13-4-6-14(17)7-5-13/h4-7,15-16,18H,3,8-12H2,1-2H3. The van der Waals surface area contributed by atoms with Crippen LogP contribution in [0.5, 0.6) is 0 Å². The lowest BCUT2D eigenvalue weighted by Gasteiger charge is -2.35.